The van der Waals surface area contributed by atoms with Crippen molar-refractivity contribution in [1.29, 1.82) is 0 Å². The highest BCUT2D eigenvalue weighted by atomic mass is 127. The van der Waals surface area contributed by atoms with Crippen molar-refractivity contribution in [3.8, 4) is 0 Å². The van der Waals surface area contributed by atoms with Crippen LogP contribution in [0.4, 0.5) is 10.1 Å². The van der Waals surface area contributed by atoms with Crippen LogP contribution in [0.2, 0.25) is 0 Å². The predicted octanol–water partition coefficient (Wildman–Crippen LogP) is 5.01. The van der Waals surface area contributed by atoms with Crippen LogP contribution >= 0.6 is 22.6 Å². The quantitative estimate of drug-likeness (QED) is 0.225. The molecule has 4 aromatic rings. The molecule has 1 atom stereocenters. The Balaban J connectivity index is 1.77. The Labute approximate surface area is 253 Å². The number of carbonyl (C=O) groups excluding carboxylic acids is 2. The van der Waals surface area contributed by atoms with Gasteiger partial charge in [0, 0.05) is 23.6 Å². The topological polar surface area (TPSA) is 86.8 Å². The molecule has 0 aromatic heterocycles. The molecule has 7 nitrogen and oxygen atoms in total. The van der Waals surface area contributed by atoms with Gasteiger partial charge in [0.1, 0.15) is 18.4 Å². The highest BCUT2D eigenvalue weighted by Crippen LogP contribution is 2.26. The Morgan fingerprint density at radius 3 is 2.00 bits per heavy atom. The lowest BCUT2D eigenvalue weighted by atomic mass is 10.0. The third-order valence-corrected chi connectivity index (χ3v) is 9.02. The summed E-state index contributed by atoms with van der Waals surface area (Å²) < 4.78 is 43.3. The SMILES string of the molecule is CNC(=O)[C@H](Cc1ccccc1)N(Cc1ccc(F)cc1)C(=O)CN(c1ccc(I)cc1)S(=O)(=O)c1ccccc1. The molecule has 0 spiro atoms. The van der Waals surface area contributed by atoms with E-state index < -0.39 is 40.2 Å². The van der Waals surface area contributed by atoms with E-state index in [0.717, 1.165) is 13.4 Å². The third-order valence-electron chi connectivity index (χ3n) is 6.51. The smallest absolute Gasteiger partial charge is 0.264 e. The number of hydrogen-bond donors (Lipinski definition) is 1. The van der Waals surface area contributed by atoms with Crippen molar-refractivity contribution in [3.63, 3.8) is 0 Å². The predicted molar refractivity (Wildman–Crippen MR) is 165 cm³/mol. The summed E-state index contributed by atoms with van der Waals surface area (Å²) in [7, 11) is -2.67. The van der Waals surface area contributed by atoms with Crippen LogP contribution in [0.25, 0.3) is 0 Å². The van der Waals surface area contributed by atoms with Gasteiger partial charge in [0.2, 0.25) is 11.8 Å². The molecule has 212 valence electrons. The average molecular weight is 686 g/mol. The van der Waals surface area contributed by atoms with Gasteiger partial charge in [-0.2, -0.15) is 0 Å². The largest absolute Gasteiger partial charge is 0.357 e. The number of amides is 2. The van der Waals surface area contributed by atoms with Gasteiger partial charge in [0.15, 0.2) is 0 Å². The van der Waals surface area contributed by atoms with E-state index in [2.05, 4.69) is 27.9 Å². The van der Waals surface area contributed by atoms with E-state index in [9.17, 15) is 22.4 Å². The van der Waals surface area contributed by atoms with Crippen LogP contribution in [-0.4, -0.2) is 44.8 Å². The van der Waals surface area contributed by atoms with E-state index in [1.54, 1.807) is 42.5 Å². The number of halogens is 2. The number of anilines is 1. The molecule has 0 saturated heterocycles. The maximum absolute atomic E-state index is 14.2. The lowest BCUT2D eigenvalue weighted by Crippen LogP contribution is -2.53. The summed E-state index contributed by atoms with van der Waals surface area (Å²) >= 11 is 2.12. The summed E-state index contributed by atoms with van der Waals surface area (Å²) in [6, 6.07) is 28.6. The molecule has 0 aliphatic heterocycles. The standard InChI is InChI=1S/C31H29FIN3O4S/c1-34-31(38)29(20-23-8-4-2-5-9-23)35(21-24-12-14-25(32)15-13-24)30(37)22-36(27-18-16-26(33)17-19-27)41(39,40)28-10-6-3-7-11-28/h2-19,29H,20-22H2,1H3,(H,34,38)/t29-/m0/s1. The minimum Gasteiger partial charge on any atom is -0.357 e. The number of hydrogen-bond acceptors (Lipinski definition) is 4. The number of rotatable bonds is 11. The van der Waals surface area contributed by atoms with Crippen LogP contribution in [0, 0.1) is 9.39 Å². The van der Waals surface area contributed by atoms with Crippen LogP contribution in [0.15, 0.2) is 114 Å². The van der Waals surface area contributed by atoms with Crippen molar-refractivity contribution in [2.24, 2.45) is 0 Å². The molecule has 0 fully saturated rings. The van der Waals surface area contributed by atoms with Crippen LogP contribution in [0.5, 0.6) is 0 Å². The van der Waals surface area contributed by atoms with Gasteiger partial charge in [0.25, 0.3) is 10.0 Å². The van der Waals surface area contributed by atoms with E-state index >= 15 is 0 Å². The second-order valence-corrected chi connectivity index (χ2v) is 12.4. The number of benzene rings is 4. The van der Waals surface area contributed by atoms with Crippen molar-refractivity contribution >= 4 is 50.1 Å². The van der Waals surface area contributed by atoms with Gasteiger partial charge in [0.05, 0.1) is 10.6 Å². The number of sulfonamides is 1. The van der Waals surface area contributed by atoms with E-state index in [4.69, 9.17) is 0 Å². The van der Waals surface area contributed by atoms with Gasteiger partial charge in [-0.05, 0) is 82.2 Å². The van der Waals surface area contributed by atoms with E-state index in [1.807, 2.05) is 30.3 Å². The molecule has 0 heterocycles. The van der Waals surface area contributed by atoms with Crippen molar-refractivity contribution in [1.82, 2.24) is 10.2 Å². The van der Waals surface area contributed by atoms with Crippen LogP contribution in [-0.2, 0) is 32.6 Å². The van der Waals surface area contributed by atoms with E-state index in [1.165, 1.54) is 48.3 Å². The Hall–Kier alpha value is -3.77. The summed E-state index contributed by atoms with van der Waals surface area (Å²) in [5.74, 6) is -1.43. The Morgan fingerprint density at radius 2 is 1.41 bits per heavy atom. The lowest BCUT2D eigenvalue weighted by Gasteiger charge is -2.33. The second-order valence-electron chi connectivity index (χ2n) is 9.27. The zero-order valence-electron chi connectivity index (χ0n) is 22.3. The van der Waals surface area contributed by atoms with Gasteiger partial charge in [-0.15, -0.1) is 0 Å². The zero-order chi connectivity index (χ0) is 29.4. The first-order chi connectivity index (χ1) is 19.7. The van der Waals surface area contributed by atoms with Gasteiger partial charge >= 0.3 is 0 Å². The number of nitrogens with zero attached hydrogens (tertiary/aromatic N) is 2. The average Bonchev–Trinajstić information content (AvgIpc) is 2.99. The molecule has 0 aliphatic rings. The van der Waals surface area contributed by atoms with E-state index in [0.29, 0.717) is 11.3 Å². The summed E-state index contributed by atoms with van der Waals surface area (Å²) in [5, 5.41) is 2.64. The summed E-state index contributed by atoms with van der Waals surface area (Å²) in [6.07, 6.45) is 0.197. The van der Waals surface area contributed by atoms with Crippen LogP contribution in [0.1, 0.15) is 11.1 Å². The van der Waals surface area contributed by atoms with Crippen molar-refractivity contribution in [2.45, 2.75) is 23.9 Å². The number of carbonyl (C=O) groups is 2. The summed E-state index contributed by atoms with van der Waals surface area (Å²) in [6.45, 7) is -0.586. The lowest BCUT2D eigenvalue weighted by molar-refractivity contribution is -0.139. The fourth-order valence-corrected chi connectivity index (χ4v) is 6.16. The molecule has 4 rings (SSSR count). The highest BCUT2D eigenvalue weighted by molar-refractivity contribution is 14.1. The van der Waals surface area contributed by atoms with Crippen molar-refractivity contribution in [3.05, 3.63) is 130 Å². The Kier molecular flexibility index (Phi) is 10.1. The highest BCUT2D eigenvalue weighted by Gasteiger charge is 2.34. The van der Waals surface area contributed by atoms with Gasteiger partial charge in [-0.1, -0.05) is 60.7 Å². The maximum Gasteiger partial charge on any atom is 0.264 e. The minimum absolute atomic E-state index is 0.0311. The van der Waals surface area contributed by atoms with Gasteiger partial charge < -0.3 is 10.2 Å². The first kappa shape index (κ1) is 30.2. The molecular weight excluding hydrogens is 656 g/mol. The Bertz CT molecular complexity index is 1570. The summed E-state index contributed by atoms with van der Waals surface area (Å²) in [5.41, 5.74) is 1.72. The van der Waals surface area contributed by atoms with Crippen LogP contribution < -0.4 is 9.62 Å². The first-order valence-corrected chi connectivity index (χ1v) is 15.3. The molecule has 1 N–H and O–H groups in total. The van der Waals surface area contributed by atoms with E-state index in [-0.39, 0.29) is 17.9 Å². The Morgan fingerprint density at radius 1 is 0.829 bits per heavy atom. The van der Waals surface area contributed by atoms with Gasteiger partial charge in [-0.25, -0.2) is 12.8 Å². The molecule has 0 unspecified atom stereocenters. The minimum atomic E-state index is -4.15. The fraction of sp³-hybridized carbons (Fsp3) is 0.161. The molecule has 4 aromatic carbocycles. The summed E-state index contributed by atoms with van der Waals surface area (Å²) in [4.78, 5) is 28.8. The molecule has 41 heavy (non-hydrogen) atoms. The molecule has 0 aliphatic carbocycles. The molecule has 2 amide bonds. The first-order valence-electron chi connectivity index (χ1n) is 12.8. The molecule has 0 bridgehead atoms. The second kappa shape index (κ2) is 13.7. The maximum atomic E-state index is 14.2. The number of nitrogens with one attached hydrogen (secondary N) is 1. The van der Waals surface area contributed by atoms with Crippen molar-refractivity contribution in [2.75, 3.05) is 17.9 Å². The molecule has 10 heteroatoms. The zero-order valence-corrected chi connectivity index (χ0v) is 25.3. The fourth-order valence-electron chi connectivity index (χ4n) is 4.36. The number of likely N-dealkylation sites (N-methyl/N-ethyl adjacent to an activating group) is 1. The van der Waals surface area contributed by atoms with Crippen LogP contribution in [0.3, 0.4) is 0 Å². The monoisotopic (exact) mass is 685 g/mol. The van der Waals surface area contributed by atoms with Crippen molar-refractivity contribution < 1.29 is 22.4 Å². The third kappa shape index (κ3) is 7.70. The molecule has 0 saturated carbocycles. The molecule has 0 radical (unpaired) electrons. The molecular formula is C31H29FIN3O4S. The normalized spacial score (nSPS) is 11.9. The van der Waals surface area contributed by atoms with Gasteiger partial charge in [-0.3, -0.25) is 13.9 Å².